The number of nitrogens with two attached hydrogens (primary N) is 1. The van der Waals surface area contributed by atoms with E-state index < -0.39 is 0 Å². The van der Waals surface area contributed by atoms with Crippen LogP contribution in [0.25, 0.3) is 11.1 Å². The normalized spacial score (nSPS) is 10.7. The van der Waals surface area contributed by atoms with Crippen molar-refractivity contribution in [3.63, 3.8) is 0 Å². The summed E-state index contributed by atoms with van der Waals surface area (Å²) in [6.07, 6.45) is 0. The van der Waals surface area contributed by atoms with Crippen LogP contribution >= 0.6 is 0 Å². The second kappa shape index (κ2) is 5.87. The van der Waals surface area contributed by atoms with Crippen molar-refractivity contribution in [1.29, 1.82) is 0 Å². The first kappa shape index (κ1) is 14.3. The van der Waals surface area contributed by atoms with Crippen molar-refractivity contribution in [3.05, 3.63) is 42.0 Å². The lowest BCUT2D eigenvalue weighted by Crippen LogP contribution is -2.00. The fourth-order valence-corrected chi connectivity index (χ4v) is 2.48. The van der Waals surface area contributed by atoms with Crippen molar-refractivity contribution >= 4 is 5.69 Å². The van der Waals surface area contributed by atoms with Gasteiger partial charge < -0.3 is 15.2 Å². The number of anilines is 1. The molecule has 0 fully saturated rings. The van der Waals surface area contributed by atoms with Gasteiger partial charge in [-0.3, -0.25) is 0 Å². The number of rotatable bonds is 4. The zero-order valence-electron chi connectivity index (χ0n) is 12.4. The molecule has 0 saturated heterocycles. The van der Waals surface area contributed by atoms with E-state index in [1.54, 1.807) is 14.2 Å². The van der Waals surface area contributed by atoms with Gasteiger partial charge in [-0.15, -0.1) is 0 Å². The van der Waals surface area contributed by atoms with Gasteiger partial charge in [0.05, 0.1) is 14.2 Å². The van der Waals surface area contributed by atoms with Crippen LogP contribution in [0.4, 0.5) is 5.69 Å². The minimum atomic E-state index is 0.345. The number of ether oxygens (including phenoxy) is 2. The van der Waals surface area contributed by atoms with Crippen molar-refractivity contribution in [3.8, 4) is 22.6 Å². The summed E-state index contributed by atoms with van der Waals surface area (Å²) in [6, 6.07) is 11.8. The van der Waals surface area contributed by atoms with Crippen molar-refractivity contribution < 1.29 is 9.47 Å². The van der Waals surface area contributed by atoms with Gasteiger partial charge in [0.1, 0.15) is 11.5 Å². The predicted octanol–water partition coefficient (Wildman–Crippen LogP) is 4.08. The van der Waals surface area contributed by atoms with E-state index in [0.29, 0.717) is 5.92 Å². The molecule has 20 heavy (non-hydrogen) atoms. The molecule has 2 rings (SSSR count). The molecule has 0 spiro atoms. The third kappa shape index (κ3) is 2.57. The minimum Gasteiger partial charge on any atom is -0.497 e. The number of hydrogen-bond acceptors (Lipinski definition) is 3. The van der Waals surface area contributed by atoms with Crippen LogP contribution in [0.1, 0.15) is 25.3 Å². The Bertz CT molecular complexity index is 606. The number of methoxy groups -OCH3 is 2. The largest absolute Gasteiger partial charge is 0.497 e. The number of benzene rings is 2. The number of hydrogen-bond donors (Lipinski definition) is 1. The first-order valence-corrected chi connectivity index (χ1v) is 6.69. The molecule has 2 aromatic rings. The van der Waals surface area contributed by atoms with Crippen molar-refractivity contribution in [2.75, 3.05) is 20.0 Å². The van der Waals surface area contributed by atoms with Gasteiger partial charge in [-0.05, 0) is 35.2 Å². The molecule has 0 saturated carbocycles. The van der Waals surface area contributed by atoms with E-state index in [1.807, 2.05) is 30.3 Å². The summed E-state index contributed by atoms with van der Waals surface area (Å²) >= 11 is 0. The Hall–Kier alpha value is -2.16. The average Bonchev–Trinajstić information content (AvgIpc) is 2.45. The van der Waals surface area contributed by atoms with E-state index in [2.05, 4.69) is 19.9 Å². The van der Waals surface area contributed by atoms with Gasteiger partial charge >= 0.3 is 0 Å². The maximum Gasteiger partial charge on any atom is 0.130 e. The highest BCUT2D eigenvalue weighted by Gasteiger charge is 2.15. The molecule has 106 valence electrons. The molecule has 2 aromatic carbocycles. The Morgan fingerprint density at radius 3 is 2.30 bits per heavy atom. The molecule has 0 unspecified atom stereocenters. The zero-order valence-corrected chi connectivity index (χ0v) is 12.4. The Morgan fingerprint density at radius 2 is 1.70 bits per heavy atom. The fourth-order valence-electron chi connectivity index (χ4n) is 2.48. The molecule has 3 heteroatoms. The molecule has 0 aliphatic rings. The van der Waals surface area contributed by atoms with Gasteiger partial charge in [0.15, 0.2) is 0 Å². The highest BCUT2D eigenvalue weighted by atomic mass is 16.5. The van der Waals surface area contributed by atoms with Crippen LogP contribution in [-0.4, -0.2) is 14.2 Å². The van der Waals surface area contributed by atoms with Crippen LogP contribution in [0.5, 0.6) is 11.5 Å². The third-order valence-corrected chi connectivity index (χ3v) is 3.42. The van der Waals surface area contributed by atoms with Crippen LogP contribution in [0.15, 0.2) is 36.4 Å². The standard InChI is InChI=1S/C17H21NO2/c1-11(2)17-14(6-5-7-15(17)18)13-9-8-12(19-3)10-16(13)20-4/h5-11H,18H2,1-4H3. The maximum absolute atomic E-state index is 6.14. The molecule has 0 atom stereocenters. The number of nitrogen functional groups attached to an aromatic ring is 1. The molecule has 0 amide bonds. The summed E-state index contributed by atoms with van der Waals surface area (Å²) in [7, 11) is 3.31. The van der Waals surface area contributed by atoms with Crippen molar-refractivity contribution in [1.82, 2.24) is 0 Å². The summed E-state index contributed by atoms with van der Waals surface area (Å²) in [6.45, 7) is 4.29. The van der Waals surface area contributed by atoms with Gasteiger partial charge in [0, 0.05) is 17.3 Å². The van der Waals surface area contributed by atoms with E-state index in [0.717, 1.165) is 33.9 Å². The van der Waals surface area contributed by atoms with Gasteiger partial charge in [-0.1, -0.05) is 26.0 Å². The molecule has 0 aliphatic carbocycles. The third-order valence-electron chi connectivity index (χ3n) is 3.42. The smallest absolute Gasteiger partial charge is 0.130 e. The Morgan fingerprint density at radius 1 is 0.950 bits per heavy atom. The highest BCUT2D eigenvalue weighted by molar-refractivity contribution is 5.78. The Balaban J connectivity index is 2.65. The lowest BCUT2D eigenvalue weighted by molar-refractivity contribution is 0.395. The molecule has 2 N–H and O–H groups in total. The minimum absolute atomic E-state index is 0.345. The summed E-state index contributed by atoms with van der Waals surface area (Å²) in [5.41, 5.74) is 10.2. The van der Waals surface area contributed by atoms with E-state index in [4.69, 9.17) is 15.2 Å². The molecular formula is C17H21NO2. The lowest BCUT2D eigenvalue weighted by Gasteiger charge is -2.18. The quantitative estimate of drug-likeness (QED) is 0.852. The topological polar surface area (TPSA) is 44.5 Å². The van der Waals surface area contributed by atoms with E-state index in [-0.39, 0.29) is 0 Å². The van der Waals surface area contributed by atoms with Gasteiger partial charge in [-0.25, -0.2) is 0 Å². The van der Waals surface area contributed by atoms with Gasteiger partial charge in [0.25, 0.3) is 0 Å². The predicted molar refractivity (Wildman–Crippen MR) is 83.5 cm³/mol. The first-order chi connectivity index (χ1) is 9.58. The lowest BCUT2D eigenvalue weighted by atomic mass is 9.90. The van der Waals surface area contributed by atoms with Gasteiger partial charge in [0.2, 0.25) is 0 Å². The van der Waals surface area contributed by atoms with Crippen LogP contribution in [0, 0.1) is 0 Å². The average molecular weight is 271 g/mol. The van der Waals surface area contributed by atoms with Crippen LogP contribution in [-0.2, 0) is 0 Å². The van der Waals surface area contributed by atoms with Gasteiger partial charge in [-0.2, -0.15) is 0 Å². The zero-order chi connectivity index (χ0) is 14.7. The Labute approximate surface area is 120 Å². The second-order valence-electron chi connectivity index (χ2n) is 5.03. The van der Waals surface area contributed by atoms with E-state index in [1.165, 1.54) is 0 Å². The fraction of sp³-hybridized carbons (Fsp3) is 0.294. The summed E-state index contributed by atoms with van der Waals surface area (Å²) < 4.78 is 10.7. The van der Waals surface area contributed by atoms with E-state index in [9.17, 15) is 0 Å². The molecular weight excluding hydrogens is 250 g/mol. The van der Waals surface area contributed by atoms with Crippen LogP contribution < -0.4 is 15.2 Å². The van der Waals surface area contributed by atoms with Crippen molar-refractivity contribution in [2.24, 2.45) is 0 Å². The van der Waals surface area contributed by atoms with Crippen LogP contribution in [0.2, 0.25) is 0 Å². The molecule has 3 nitrogen and oxygen atoms in total. The highest BCUT2D eigenvalue weighted by Crippen LogP contribution is 2.39. The van der Waals surface area contributed by atoms with Crippen LogP contribution in [0.3, 0.4) is 0 Å². The first-order valence-electron chi connectivity index (χ1n) is 6.69. The summed E-state index contributed by atoms with van der Waals surface area (Å²) in [5, 5.41) is 0. The molecule has 0 heterocycles. The maximum atomic E-state index is 6.14. The SMILES string of the molecule is COc1ccc(-c2cccc(N)c2C(C)C)c(OC)c1. The molecule has 0 bridgehead atoms. The van der Waals surface area contributed by atoms with E-state index >= 15 is 0 Å². The summed E-state index contributed by atoms with van der Waals surface area (Å²) in [4.78, 5) is 0. The second-order valence-corrected chi connectivity index (χ2v) is 5.03. The summed E-state index contributed by atoms with van der Waals surface area (Å²) in [5.74, 6) is 1.91. The molecule has 0 aliphatic heterocycles. The molecule has 0 radical (unpaired) electrons. The van der Waals surface area contributed by atoms with Crippen molar-refractivity contribution in [2.45, 2.75) is 19.8 Å². The Kier molecular flexibility index (Phi) is 4.18. The molecule has 0 aromatic heterocycles. The monoisotopic (exact) mass is 271 g/mol.